The van der Waals surface area contributed by atoms with Gasteiger partial charge in [0, 0.05) is 24.1 Å². The number of likely N-dealkylation sites (tertiary alicyclic amines) is 1. The van der Waals surface area contributed by atoms with E-state index in [4.69, 9.17) is 14.5 Å². The lowest BCUT2D eigenvalue weighted by atomic mass is 10.0. The fraction of sp³-hybridized carbons (Fsp3) is 0.433. The molecule has 0 spiro atoms. The number of anilines is 3. The molecule has 0 unspecified atom stereocenters. The first-order chi connectivity index (χ1) is 19.6. The van der Waals surface area contributed by atoms with Gasteiger partial charge < -0.3 is 25.0 Å². The Morgan fingerprint density at radius 1 is 1.05 bits per heavy atom. The number of aryl methyl sites for hydroxylation is 1. The van der Waals surface area contributed by atoms with Crippen LogP contribution in [0, 0.1) is 6.92 Å². The summed E-state index contributed by atoms with van der Waals surface area (Å²) in [5, 5.41) is 6.54. The van der Waals surface area contributed by atoms with Crippen LogP contribution in [-0.4, -0.2) is 76.8 Å². The van der Waals surface area contributed by atoms with Crippen molar-refractivity contribution in [3.05, 3.63) is 54.0 Å². The van der Waals surface area contributed by atoms with E-state index in [1.54, 1.807) is 18.5 Å². The van der Waals surface area contributed by atoms with E-state index in [0.29, 0.717) is 39.9 Å². The van der Waals surface area contributed by atoms with E-state index in [2.05, 4.69) is 32.5 Å². The van der Waals surface area contributed by atoms with Crippen LogP contribution in [-0.2, 0) is 4.74 Å². The molecule has 41 heavy (non-hydrogen) atoms. The number of nitrogens with one attached hydrogen (secondary N) is 2. The second kappa shape index (κ2) is 11.7. The summed E-state index contributed by atoms with van der Waals surface area (Å²) in [6.45, 7) is 9.78. The predicted octanol–water partition coefficient (Wildman–Crippen LogP) is 4.55. The molecule has 0 atom stereocenters. The van der Waals surface area contributed by atoms with Gasteiger partial charge in [0.25, 0.3) is 5.91 Å². The van der Waals surface area contributed by atoms with Gasteiger partial charge >= 0.3 is 6.09 Å². The molecular formula is C30H37N7O4. The molecule has 3 aromatic rings. The van der Waals surface area contributed by atoms with Crippen LogP contribution in [0.3, 0.4) is 0 Å². The maximum atomic E-state index is 13.4. The topological polar surface area (TPSA) is 122 Å². The van der Waals surface area contributed by atoms with Crippen molar-refractivity contribution >= 4 is 29.2 Å². The monoisotopic (exact) mass is 559 g/mol. The fourth-order valence-electron chi connectivity index (χ4n) is 4.84. The van der Waals surface area contributed by atoms with E-state index in [-0.39, 0.29) is 25.1 Å². The molecule has 0 aliphatic carbocycles. The van der Waals surface area contributed by atoms with Crippen LogP contribution in [0.1, 0.15) is 49.7 Å². The van der Waals surface area contributed by atoms with E-state index >= 15 is 0 Å². The van der Waals surface area contributed by atoms with Gasteiger partial charge in [0.1, 0.15) is 12.2 Å². The molecule has 0 aromatic carbocycles. The highest BCUT2D eigenvalue weighted by Crippen LogP contribution is 2.41. The first-order valence-electron chi connectivity index (χ1n) is 13.9. The van der Waals surface area contributed by atoms with Crippen LogP contribution in [0.5, 0.6) is 5.75 Å². The Morgan fingerprint density at radius 3 is 2.56 bits per heavy atom. The number of piperidine rings is 1. The zero-order chi connectivity index (χ0) is 29.1. The van der Waals surface area contributed by atoms with Gasteiger partial charge in [-0.15, -0.1) is 0 Å². The zero-order valence-corrected chi connectivity index (χ0v) is 24.2. The van der Waals surface area contributed by atoms with Crippen molar-refractivity contribution < 1.29 is 19.1 Å². The third-order valence-electron chi connectivity index (χ3n) is 6.93. The van der Waals surface area contributed by atoms with Gasteiger partial charge in [0.2, 0.25) is 0 Å². The number of ether oxygens (including phenoxy) is 2. The number of fused-ring (bicyclic) bond motifs is 1. The summed E-state index contributed by atoms with van der Waals surface area (Å²) in [7, 11) is 2.09. The minimum Gasteiger partial charge on any atom is -0.486 e. The van der Waals surface area contributed by atoms with Crippen molar-refractivity contribution in [3.63, 3.8) is 0 Å². The highest BCUT2D eigenvalue weighted by molar-refractivity contribution is 6.01. The molecule has 3 aromatic heterocycles. The number of amides is 2. The normalized spacial score (nSPS) is 16.0. The molecular weight excluding hydrogens is 522 g/mol. The van der Waals surface area contributed by atoms with Gasteiger partial charge in [0.05, 0.1) is 34.9 Å². The summed E-state index contributed by atoms with van der Waals surface area (Å²) >= 11 is 0. The molecule has 216 valence electrons. The Kier molecular flexibility index (Phi) is 8.07. The Balaban J connectivity index is 1.52. The maximum Gasteiger partial charge on any atom is 0.416 e. The predicted molar refractivity (Wildman–Crippen MR) is 157 cm³/mol. The van der Waals surface area contributed by atoms with Gasteiger partial charge in [-0.1, -0.05) is 6.07 Å². The second-order valence-corrected chi connectivity index (χ2v) is 11.4. The second-order valence-electron chi connectivity index (χ2n) is 11.4. The third-order valence-corrected chi connectivity index (χ3v) is 6.93. The van der Waals surface area contributed by atoms with E-state index in [0.717, 1.165) is 31.6 Å². The number of aromatic nitrogens is 3. The molecule has 2 aliphatic heterocycles. The van der Waals surface area contributed by atoms with Crippen LogP contribution in [0.2, 0.25) is 0 Å². The summed E-state index contributed by atoms with van der Waals surface area (Å²) in [5.74, 6) is 0.507. The number of rotatable bonds is 5. The van der Waals surface area contributed by atoms with E-state index in [1.165, 1.54) is 4.90 Å². The number of carbonyl (C=O) groups excluding carboxylic acids is 2. The number of carbonyl (C=O) groups is 2. The van der Waals surface area contributed by atoms with E-state index in [1.807, 2.05) is 52.0 Å². The standard InChI is InChI=1S/C30H37N7O4/c1-19-7-6-8-23(32-19)24-17-25(26-27(35-24)37(15-16-40-26)29(39)41-30(2,3)4)34-22-9-12-31-18-21(22)28(38)33-20-10-13-36(5)14-11-20/h6-9,12,17-18,20H,10-11,13-16H2,1-5H3,(H,33,38)(H,31,34,35). The molecule has 5 rings (SSSR count). The molecule has 0 bridgehead atoms. The van der Waals surface area contributed by atoms with Crippen molar-refractivity contribution in [2.45, 2.75) is 52.2 Å². The molecule has 0 saturated carbocycles. The van der Waals surface area contributed by atoms with Crippen molar-refractivity contribution in [2.24, 2.45) is 0 Å². The lowest BCUT2D eigenvalue weighted by molar-refractivity contribution is 0.0566. The Bertz CT molecular complexity index is 1430. The van der Waals surface area contributed by atoms with Gasteiger partial charge in [0.15, 0.2) is 11.6 Å². The van der Waals surface area contributed by atoms with Crippen LogP contribution in [0.4, 0.5) is 22.0 Å². The zero-order valence-electron chi connectivity index (χ0n) is 24.2. The molecule has 1 fully saturated rings. The van der Waals surface area contributed by atoms with E-state index in [9.17, 15) is 9.59 Å². The molecule has 1 saturated heterocycles. The fourth-order valence-corrected chi connectivity index (χ4v) is 4.84. The average Bonchev–Trinajstić information content (AvgIpc) is 2.93. The Hall–Kier alpha value is -4.25. The third kappa shape index (κ3) is 6.74. The van der Waals surface area contributed by atoms with Gasteiger partial charge in [-0.25, -0.2) is 9.78 Å². The molecule has 0 radical (unpaired) electrons. The summed E-state index contributed by atoms with van der Waals surface area (Å²) in [6.07, 6.45) is 4.45. The number of hydrogen-bond acceptors (Lipinski definition) is 9. The summed E-state index contributed by atoms with van der Waals surface area (Å²) < 4.78 is 11.7. The largest absolute Gasteiger partial charge is 0.486 e. The average molecular weight is 560 g/mol. The Morgan fingerprint density at radius 2 is 1.83 bits per heavy atom. The number of nitrogens with zero attached hydrogens (tertiary/aromatic N) is 5. The maximum absolute atomic E-state index is 13.4. The number of pyridine rings is 3. The smallest absolute Gasteiger partial charge is 0.416 e. The molecule has 11 nitrogen and oxygen atoms in total. The van der Waals surface area contributed by atoms with Crippen molar-refractivity contribution in [1.29, 1.82) is 0 Å². The first kappa shape index (κ1) is 28.3. The van der Waals surface area contributed by atoms with Crippen molar-refractivity contribution in [1.82, 2.24) is 25.2 Å². The van der Waals surface area contributed by atoms with E-state index < -0.39 is 11.7 Å². The first-order valence-corrected chi connectivity index (χ1v) is 13.9. The summed E-state index contributed by atoms with van der Waals surface area (Å²) in [6, 6.07) is 9.34. The van der Waals surface area contributed by atoms with Crippen LogP contribution in [0.15, 0.2) is 42.7 Å². The lowest BCUT2D eigenvalue weighted by Gasteiger charge is -2.32. The van der Waals surface area contributed by atoms with Crippen molar-refractivity contribution in [3.8, 4) is 17.1 Å². The van der Waals surface area contributed by atoms with Gasteiger partial charge in [-0.2, -0.15) is 0 Å². The van der Waals surface area contributed by atoms with Crippen LogP contribution < -0.4 is 20.3 Å². The van der Waals surface area contributed by atoms with Crippen LogP contribution >= 0.6 is 0 Å². The Labute approximate surface area is 240 Å². The highest BCUT2D eigenvalue weighted by Gasteiger charge is 2.32. The van der Waals surface area contributed by atoms with Gasteiger partial charge in [-0.05, 0) is 84.9 Å². The highest BCUT2D eigenvalue weighted by atomic mass is 16.6. The molecule has 2 N–H and O–H groups in total. The lowest BCUT2D eigenvalue weighted by Crippen LogP contribution is -2.43. The summed E-state index contributed by atoms with van der Waals surface area (Å²) in [5.41, 5.74) is 2.84. The molecule has 5 heterocycles. The van der Waals surface area contributed by atoms with Gasteiger partial charge in [-0.3, -0.25) is 19.7 Å². The molecule has 2 aliphatic rings. The van der Waals surface area contributed by atoms with Crippen LogP contribution in [0.25, 0.3) is 11.4 Å². The minimum absolute atomic E-state index is 0.102. The van der Waals surface area contributed by atoms with Crippen molar-refractivity contribution in [2.75, 3.05) is 43.5 Å². The molecule has 11 heteroatoms. The SMILES string of the molecule is Cc1cccc(-c2cc(Nc3ccncc3C(=O)NC3CCN(C)CC3)c3c(n2)N(C(=O)OC(C)(C)C)CCO3)n1. The molecule has 2 amide bonds. The quantitative estimate of drug-likeness (QED) is 0.464. The minimum atomic E-state index is -0.681. The number of hydrogen-bond donors (Lipinski definition) is 2. The summed E-state index contributed by atoms with van der Waals surface area (Å²) in [4.78, 5) is 44.0.